The minimum Gasteiger partial charge on any atom is -0.366 e. The third-order valence-electron chi connectivity index (χ3n) is 3.77. The van der Waals surface area contributed by atoms with Crippen molar-refractivity contribution in [1.82, 2.24) is 5.32 Å². The van der Waals surface area contributed by atoms with E-state index in [1.165, 1.54) is 11.6 Å². The SMILES string of the molecule is N#Cc1cccc(CN2CCNCc3ccccc32)c1F. The molecule has 0 fully saturated rings. The molecule has 2 aromatic rings. The highest BCUT2D eigenvalue weighted by molar-refractivity contribution is 5.55. The second-order valence-electron chi connectivity index (χ2n) is 5.12. The fourth-order valence-electron chi connectivity index (χ4n) is 2.68. The molecule has 106 valence electrons. The lowest BCUT2D eigenvalue weighted by Crippen LogP contribution is -2.28. The molecule has 3 nitrogen and oxygen atoms in total. The molecule has 1 aliphatic heterocycles. The van der Waals surface area contributed by atoms with Crippen LogP contribution in [0.3, 0.4) is 0 Å². The third-order valence-corrected chi connectivity index (χ3v) is 3.77. The van der Waals surface area contributed by atoms with E-state index in [0.717, 1.165) is 25.3 Å². The number of para-hydroxylation sites is 1. The lowest BCUT2D eigenvalue weighted by Gasteiger charge is -2.25. The molecule has 21 heavy (non-hydrogen) atoms. The molecule has 0 spiro atoms. The first kappa shape index (κ1) is 13.6. The lowest BCUT2D eigenvalue weighted by molar-refractivity contribution is 0.598. The molecule has 0 saturated carbocycles. The molecular weight excluding hydrogens is 265 g/mol. The number of anilines is 1. The van der Waals surface area contributed by atoms with Crippen LogP contribution in [-0.2, 0) is 13.1 Å². The van der Waals surface area contributed by atoms with Crippen LogP contribution in [0.4, 0.5) is 10.1 Å². The normalized spacial score (nSPS) is 14.2. The lowest BCUT2D eigenvalue weighted by atomic mass is 10.1. The van der Waals surface area contributed by atoms with Gasteiger partial charge in [0.25, 0.3) is 0 Å². The van der Waals surface area contributed by atoms with Crippen molar-refractivity contribution in [2.75, 3.05) is 18.0 Å². The summed E-state index contributed by atoms with van der Waals surface area (Å²) in [6.45, 7) is 2.97. The smallest absolute Gasteiger partial charge is 0.145 e. The molecule has 3 rings (SSSR count). The molecule has 0 radical (unpaired) electrons. The van der Waals surface area contributed by atoms with Crippen molar-refractivity contribution in [1.29, 1.82) is 5.26 Å². The van der Waals surface area contributed by atoms with E-state index in [2.05, 4.69) is 22.3 Å². The van der Waals surface area contributed by atoms with E-state index in [9.17, 15) is 4.39 Å². The number of hydrogen-bond acceptors (Lipinski definition) is 3. The maximum atomic E-state index is 14.2. The van der Waals surface area contributed by atoms with Gasteiger partial charge in [0, 0.05) is 37.4 Å². The Labute approximate surface area is 123 Å². The highest BCUT2D eigenvalue weighted by atomic mass is 19.1. The second-order valence-corrected chi connectivity index (χ2v) is 5.12. The fourth-order valence-corrected chi connectivity index (χ4v) is 2.68. The van der Waals surface area contributed by atoms with Gasteiger partial charge in [-0.25, -0.2) is 4.39 Å². The van der Waals surface area contributed by atoms with Gasteiger partial charge < -0.3 is 10.2 Å². The van der Waals surface area contributed by atoms with Gasteiger partial charge in [0.1, 0.15) is 11.9 Å². The van der Waals surface area contributed by atoms with Crippen LogP contribution in [0.5, 0.6) is 0 Å². The molecule has 0 aliphatic carbocycles. The molecule has 2 aromatic carbocycles. The van der Waals surface area contributed by atoms with Gasteiger partial charge in [-0.15, -0.1) is 0 Å². The average Bonchev–Trinajstić information content (AvgIpc) is 2.72. The summed E-state index contributed by atoms with van der Waals surface area (Å²) in [6, 6.07) is 15.1. The van der Waals surface area contributed by atoms with Crippen LogP contribution in [0.15, 0.2) is 42.5 Å². The summed E-state index contributed by atoms with van der Waals surface area (Å²) in [5.41, 5.74) is 3.01. The van der Waals surface area contributed by atoms with Crippen molar-refractivity contribution in [2.45, 2.75) is 13.1 Å². The van der Waals surface area contributed by atoms with Crippen LogP contribution in [0.25, 0.3) is 0 Å². The summed E-state index contributed by atoms with van der Waals surface area (Å²) in [4.78, 5) is 2.16. The maximum absolute atomic E-state index is 14.2. The quantitative estimate of drug-likeness (QED) is 0.920. The monoisotopic (exact) mass is 281 g/mol. The van der Waals surface area contributed by atoms with E-state index >= 15 is 0 Å². The number of nitriles is 1. The van der Waals surface area contributed by atoms with Gasteiger partial charge in [-0.05, 0) is 17.7 Å². The van der Waals surface area contributed by atoms with Crippen molar-refractivity contribution in [3.05, 3.63) is 65.0 Å². The third kappa shape index (κ3) is 2.74. The average molecular weight is 281 g/mol. The first-order chi connectivity index (χ1) is 10.3. The zero-order chi connectivity index (χ0) is 14.7. The number of nitrogens with zero attached hydrogens (tertiary/aromatic N) is 2. The standard InChI is InChI=1S/C17H16FN3/c18-17-13(10-19)5-3-6-15(17)12-21-9-8-20-11-14-4-1-2-7-16(14)21/h1-7,20H,8-9,11-12H2. The van der Waals surface area contributed by atoms with Crippen molar-refractivity contribution in [3.63, 3.8) is 0 Å². The number of hydrogen-bond donors (Lipinski definition) is 1. The Morgan fingerprint density at radius 2 is 2.05 bits per heavy atom. The molecule has 0 amide bonds. The van der Waals surface area contributed by atoms with E-state index in [1.54, 1.807) is 12.1 Å². The van der Waals surface area contributed by atoms with Crippen molar-refractivity contribution >= 4 is 5.69 Å². The molecule has 0 bridgehead atoms. The Morgan fingerprint density at radius 1 is 1.19 bits per heavy atom. The minimum atomic E-state index is -0.408. The topological polar surface area (TPSA) is 39.1 Å². The van der Waals surface area contributed by atoms with Gasteiger partial charge in [-0.1, -0.05) is 30.3 Å². The Balaban J connectivity index is 1.94. The Kier molecular flexibility index (Phi) is 3.85. The predicted molar refractivity (Wildman–Crippen MR) is 80.3 cm³/mol. The van der Waals surface area contributed by atoms with E-state index in [0.29, 0.717) is 12.1 Å². The predicted octanol–water partition coefficient (Wildman–Crippen LogP) is 2.81. The summed E-state index contributed by atoms with van der Waals surface area (Å²) >= 11 is 0. The van der Waals surface area contributed by atoms with Gasteiger partial charge in [0.15, 0.2) is 0 Å². The van der Waals surface area contributed by atoms with E-state index in [-0.39, 0.29) is 5.56 Å². The van der Waals surface area contributed by atoms with Gasteiger partial charge >= 0.3 is 0 Å². The van der Waals surface area contributed by atoms with Crippen LogP contribution in [0, 0.1) is 17.1 Å². The number of halogens is 1. The number of fused-ring (bicyclic) bond motifs is 1. The van der Waals surface area contributed by atoms with Gasteiger partial charge in [0.05, 0.1) is 5.56 Å². The molecule has 1 heterocycles. The van der Waals surface area contributed by atoms with E-state index in [1.807, 2.05) is 18.2 Å². The van der Waals surface area contributed by atoms with Crippen LogP contribution < -0.4 is 10.2 Å². The summed E-state index contributed by atoms with van der Waals surface area (Å²) in [5, 5.41) is 12.3. The van der Waals surface area contributed by atoms with Crippen LogP contribution in [0.2, 0.25) is 0 Å². The minimum absolute atomic E-state index is 0.105. The second kappa shape index (κ2) is 5.94. The van der Waals surface area contributed by atoms with E-state index in [4.69, 9.17) is 5.26 Å². The van der Waals surface area contributed by atoms with E-state index < -0.39 is 5.82 Å². The van der Waals surface area contributed by atoms with Crippen LogP contribution in [0.1, 0.15) is 16.7 Å². The van der Waals surface area contributed by atoms with Gasteiger partial charge in [-0.2, -0.15) is 5.26 Å². The highest BCUT2D eigenvalue weighted by Crippen LogP contribution is 2.25. The maximum Gasteiger partial charge on any atom is 0.145 e. The molecule has 0 saturated heterocycles. The molecular formula is C17H16FN3. The first-order valence-corrected chi connectivity index (χ1v) is 7.00. The molecule has 1 aliphatic rings. The summed E-state index contributed by atoms with van der Waals surface area (Å²) in [7, 11) is 0. The van der Waals surface area contributed by atoms with Crippen molar-refractivity contribution in [3.8, 4) is 6.07 Å². The zero-order valence-corrected chi connectivity index (χ0v) is 11.6. The van der Waals surface area contributed by atoms with Crippen molar-refractivity contribution in [2.24, 2.45) is 0 Å². The molecule has 0 atom stereocenters. The fraction of sp³-hybridized carbons (Fsp3) is 0.235. The number of nitrogens with one attached hydrogen (secondary N) is 1. The van der Waals surface area contributed by atoms with Crippen LogP contribution in [-0.4, -0.2) is 13.1 Å². The van der Waals surface area contributed by atoms with Crippen LogP contribution >= 0.6 is 0 Å². The number of benzene rings is 2. The van der Waals surface area contributed by atoms with Crippen molar-refractivity contribution < 1.29 is 4.39 Å². The Morgan fingerprint density at radius 3 is 2.90 bits per heavy atom. The summed E-state index contributed by atoms with van der Waals surface area (Å²) < 4.78 is 14.2. The summed E-state index contributed by atoms with van der Waals surface area (Å²) in [6.07, 6.45) is 0. The van der Waals surface area contributed by atoms with Gasteiger partial charge in [0.2, 0.25) is 0 Å². The Bertz CT molecular complexity index is 691. The largest absolute Gasteiger partial charge is 0.366 e. The zero-order valence-electron chi connectivity index (χ0n) is 11.6. The molecule has 4 heteroatoms. The number of rotatable bonds is 2. The van der Waals surface area contributed by atoms with Gasteiger partial charge in [-0.3, -0.25) is 0 Å². The molecule has 1 N–H and O–H groups in total. The highest BCUT2D eigenvalue weighted by Gasteiger charge is 2.17. The molecule has 0 aromatic heterocycles. The first-order valence-electron chi connectivity index (χ1n) is 7.00. The molecule has 0 unspecified atom stereocenters. The Hall–Kier alpha value is -2.38. The summed E-state index contributed by atoms with van der Waals surface area (Å²) in [5.74, 6) is -0.408.